The molecule has 33 heavy (non-hydrogen) atoms. The van der Waals surface area contributed by atoms with Crippen molar-refractivity contribution in [2.24, 2.45) is 5.92 Å². The quantitative estimate of drug-likeness (QED) is 0.634. The lowest BCUT2D eigenvalue weighted by Crippen LogP contribution is -2.39. The van der Waals surface area contributed by atoms with Gasteiger partial charge in [-0.05, 0) is 67.6 Å². The molecule has 2 heterocycles. The highest BCUT2D eigenvalue weighted by atomic mass is 32.2. The Kier molecular flexibility index (Phi) is 6.92. The van der Waals surface area contributed by atoms with Gasteiger partial charge in [-0.15, -0.1) is 0 Å². The van der Waals surface area contributed by atoms with Crippen LogP contribution in [0, 0.1) is 12.8 Å². The zero-order valence-corrected chi connectivity index (χ0v) is 19.9. The highest BCUT2D eigenvalue weighted by Gasteiger charge is 2.39. The standard InChI is InChI=1S/C24H30N2O6S/c1-15-10-19(30-2)23(20(11-15)31-3)33(28,29)18-6-4-16(5-7-18)13-26-24(27)21-12-17-8-9-25-14-22(17)32-21/h4-7,10-11,17,21-22,25H,8-9,12-14H2,1-3H3,(H,26,27). The Morgan fingerprint density at radius 1 is 1.15 bits per heavy atom. The molecule has 0 saturated carbocycles. The van der Waals surface area contributed by atoms with Gasteiger partial charge in [0.25, 0.3) is 0 Å². The van der Waals surface area contributed by atoms with Crippen LogP contribution in [0.4, 0.5) is 0 Å². The number of aryl methyl sites for hydroxylation is 1. The Morgan fingerprint density at radius 3 is 2.42 bits per heavy atom. The maximum absolute atomic E-state index is 13.3. The van der Waals surface area contributed by atoms with E-state index in [9.17, 15) is 13.2 Å². The summed E-state index contributed by atoms with van der Waals surface area (Å²) in [6.45, 7) is 3.89. The monoisotopic (exact) mass is 474 g/mol. The summed E-state index contributed by atoms with van der Waals surface area (Å²) in [5.74, 6) is 0.767. The summed E-state index contributed by atoms with van der Waals surface area (Å²) in [4.78, 5) is 12.7. The van der Waals surface area contributed by atoms with E-state index in [-0.39, 0.29) is 33.3 Å². The first-order valence-electron chi connectivity index (χ1n) is 11.0. The Bertz CT molecular complexity index is 1080. The summed E-state index contributed by atoms with van der Waals surface area (Å²) >= 11 is 0. The second kappa shape index (κ2) is 9.70. The van der Waals surface area contributed by atoms with E-state index in [0.717, 1.165) is 37.1 Å². The number of benzene rings is 2. The third-order valence-electron chi connectivity index (χ3n) is 6.29. The summed E-state index contributed by atoms with van der Waals surface area (Å²) in [6, 6.07) is 9.77. The van der Waals surface area contributed by atoms with Crippen molar-refractivity contribution in [3.63, 3.8) is 0 Å². The van der Waals surface area contributed by atoms with Crippen molar-refractivity contribution in [3.8, 4) is 11.5 Å². The molecule has 0 spiro atoms. The van der Waals surface area contributed by atoms with E-state index in [2.05, 4.69) is 10.6 Å². The van der Waals surface area contributed by atoms with Gasteiger partial charge in [0.15, 0.2) is 4.90 Å². The second-order valence-electron chi connectivity index (χ2n) is 8.52. The molecular formula is C24H30N2O6S. The number of rotatable bonds is 7. The fourth-order valence-corrected chi connectivity index (χ4v) is 6.05. The third kappa shape index (κ3) is 4.85. The van der Waals surface area contributed by atoms with Crippen LogP contribution in [0.15, 0.2) is 46.2 Å². The average molecular weight is 475 g/mol. The van der Waals surface area contributed by atoms with E-state index < -0.39 is 15.9 Å². The first-order valence-corrected chi connectivity index (χ1v) is 12.5. The lowest BCUT2D eigenvalue weighted by Gasteiger charge is -2.24. The van der Waals surface area contributed by atoms with Crippen LogP contribution < -0.4 is 20.1 Å². The summed E-state index contributed by atoms with van der Waals surface area (Å²) < 4.78 is 43.2. The molecule has 2 saturated heterocycles. The molecule has 3 unspecified atom stereocenters. The van der Waals surface area contributed by atoms with Crippen LogP contribution in [0.2, 0.25) is 0 Å². The van der Waals surface area contributed by atoms with Gasteiger partial charge in [0, 0.05) is 13.1 Å². The molecule has 4 rings (SSSR count). The molecule has 0 aromatic heterocycles. The molecule has 3 atom stereocenters. The number of carbonyl (C=O) groups excluding carboxylic acids is 1. The Labute approximate surface area is 194 Å². The minimum atomic E-state index is -3.88. The zero-order chi connectivity index (χ0) is 23.6. The van der Waals surface area contributed by atoms with Gasteiger partial charge in [0.1, 0.15) is 17.6 Å². The van der Waals surface area contributed by atoms with Crippen molar-refractivity contribution in [2.45, 2.75) is 48.3 Å². The number of piperidine rings is 1. The molecule has 2 aromatic rings. The number of nitrogens with one attached hydrogen (secondary N) is 2. The van der Waals surface area contributed by atoms with E-state index >= 15 is 0 Å². The van der Waals surface area contributed by atoms with E-state index in [1.165, 1.54) is 26.4 Å². The van der Waals surface area contributed by atoms with Gasteiger partial charge in [-0.2, -0.15) is 0 Å². The Morgan fingerprint density at radius 2 is 1.82 bits per heavy atom. The Balaban J connectivity index is 1.45. The zero-order valence-electron chi connectivity index (χ0n) is 19.1. The van der Waals surface area contributed by atoms with Crippen molar-refractivity contribution in [2.75, 3.05) is 27.3 Å². The molecule has 2 aliphatic rings. The molecule has 1 amide bonds. The molecule has 2 fully saturated rings. The number of amides is 1. The van der Waals surface area contributed by atoms with Gasteiger partial charge in [0.2, 0.25) is 15.7 Å². The van der Waals surface area contributed by atoms with Crippen LogP contribution in [0.25, 0.3) is 0 Å². The minimum Gasteiger partial charge on any atom is -0.495 e. The van der Waals surface area contributed by atoms with Gasteiger partial charge in [-0.3, -0.25) is 4.79 Å². The van der Waals surface area contributed by atoms with Gasteiger partial charge in [-0.25, -0.2) is 8.42 Å². The van der Waals surface area contributed by atoms with Crippen molar-refractivity contribution in [3.05, 3.63) is 47.5 Å². The predicted octanol–water partition coefficient (Wildman–Crippen LogP) is 2.23. The summed E-state index contributed by atoms with van der Waals surface area (Å²) in [6.07, 6.45) is 1.45. The van der Waals surface area contributed by atoms with Crippen LogP contribution in [-0.4, -0.2) is 53.8 Å². The van der Waals surface area contributed by atoms with Crippen LogP contribution in [0.1, 0.15) is 24.0 Å². The van der Waals surface area contributed by atoms with Gasteiger partial charge < -0.3 is 24.8 Å². The predicted molar refractivity (Wildman–Crippen MR) is 122 cm³/mol. The molecule has 0 aliphatic carbocycles. The molecule has 178 valence electrons. The van der Waals surface area contributed by atoms with E-state index in [0.29, 0.717) is 12.5 Å². The first kappa shape index (κ1) is 23.5. The fraction of sp³-hybridized carbons (Fsp3) is 0.458. The second-order valence-corrected chi connectivity index (χ2v) is 10.4. The fourth-order valence-electron chi connectivity index (χ4n) is 4.51. The number of methoxy groups -OCH3 is 2. The van der Waals surface area contributed by atoms with Crippen molar-refractivity contribution < 1.29 is 27.4 Å². The van der Waals surface area contributed by atoms with Crippen LogP contribution in [-0.2, 0) is 25.9 Å². The van der Waals surface area contributed by atoms with Gasteiger partial charge >= 0.3 is 0 Å². The van der Waals surface area contributed by atoms with E-state index in [4.69, 9.17) is 14.2 Å². The number of fused-ring (bicyclic) bond motifs is 1. The largest absolute Gasteiger partial charge is 0.495 e. The molecule has 2 aromatic carbocycles. The van der Waals surface area contributed by atoms with Gasteiger partial charge in [-0.1, -0.05) is 12.1 Å². The molecule has 0 bridgehead atoms. The summed E-state index contributed by atoms with van der Waals surface area (Å²) in [7, 11) is -1.02. The van der Waals surface area contributed by atoms with Crippen molar-refractivity contribution in [1.29, 1.82) is 0 Å². The lowest BCUT2D eigenvalue weighted by molar-refractivity contribution is -0.132. The molecule has 0 radical (unpaired) electrons. The highest BCUT2D eigenvalue weighted by Crippen LogP contribution is 2.38. The van der Waals surface area contributed by atoms with Crippen LogP contribution in [0.3, 0.4) is 0 Å². The maximum Gasteiger partial charge on any atom is 0.249 e. The molecule has 2 aliphatic heterocycles. The number of carbonyl (C=O) groups is 1. The number of hydrogen-bond acceptors (Lipinski definition) is 7. The smallest absolute Gasteiger partial charge is 0.249 e. The van der Waals surface area contributed by atoms with Crippen LogP contribution in [0.5, 0.6) is 11.5 Å². The minimum absolute atomic E-state index is 0.00603. The molecular weight excluding hydrogens is 444 g/mol. The third-order valence-corrected chi connectivity index (χ3v) is 8.12. The maximum atomic E-state index is 13.3. The molecule has 2 N–H and O–H groups in total. The molecule has 9 heteroatoms. The Hall–Kier alpha value is -2.62. The van der Waals surface area contributed by atoms with E-state index in [1.807, 2.05) is 6.92 Å². The average Bonchev–Trinajstić information content (AvgIpc) is 3.26. The number of ether oxygens (including phenoxy) is 3. The SMILES string of the molecule is COc1cc(C)cc(OC)c1S(=O)(=O)c1ccc(CNC(=O)C2CC3CCNCC3O2)cc1. The van der Waals surface area contributed by atoms with Crippen molar-refractivity contribution >= 4 is 15.7 Å². The summed E-state index contributed by atoms with van der Waals surface area (Å²) in [5.41, 5.74) is 1.62. The van der Waals surface area contributed by atoms with Crippen LogP contribution >= 0.6 is 0 Å². The normalized spacial score (nSPS) is 22.5. The van der Waals surface area contributed by atoms with Gasteiger partial charge in [0.05, 0.1) is 25.2 Å². The number of hydrogen-bond donors (Lipinski definition) is 2. The highest BCUT2D eigenvalue weighted by molar-refractivity contribution is 7.91. The first-order chi connectivity index (χ1) is 15.8. The number of sulfone groups is 1. The topological polar surface area (TPSA) is 103 Å². The van der Waals surface area contributed by atoms with E-state index in [1.54, 1.807) is 24.3 Å². The van der Waals surface area contributed by atoms with Crippen molar-refractivity contribution in [1.82, 2.24) is 10.6 Å². The molecule has 8 nitrogen and oxygen atoms in total. The lowest BCUT2D eigenvalue weighted by atomic mass is 9.93. The summed E-state index contributed by atoms with van der Waals surface area (Å²) in [5, 5.41) is 6.21.